The SMILES string of the molecule is CC[C@@H](C)Nc1nc(NNc2c(F)c(F)cc(F)c2F)cc(-c2cccnc2)n1. The summed E-state index contributed by atoms with van der Waals surface area (Å²) in [6, 6.07) is 5.20. The minimum Gasteiger partial charge on any atom is -0.352 e. The Bertz CT molecular complexity index is 973. The molecule has 10 heteroatoms. The summed E-state index contributed by atoms with van der Waals surface area (Å²) in [7, 11) is 0. The van der Waals surface area contributed by atoms with E-state index in [0.29, 0.717) is 11.3 Å². The normalized spacial score (nSPS) is 11.8. The third-order valence-corrected chi connectivity index (χ3v) is 4.10. The second-order valence-electron chi connectivity index (χ2n) is 6.25. The molecule has 0 unspecified atom stereocenters. The van der Waals surface area contributed by atoms with E-state index in [1.54, 1.807) is 24.5 Å². The first-order valence-electron chi connectivity index (χ1n) is 8.80. The number of rotatable bonds is 7. The minimum atomic E-state index is -1.56. The molecule has 0 fully saturated rings. The Labute approximate surface area is 164 Å². The van der Waals surface area contributed by atoms with Gasteiger partial charge in [-0.3, -0.25) is 15.8 Å². The number of nitrogens with one attached hydrogen (secondary N) is 3. The highest BCUT2D eigenvalue weighted by Crippen LogP contribution is 2.25. The van der Waals surface area contributed by atoms with Gasteiger partial charge in [0, 0.05) is 36.1 Å². The molecule has 0 spiro atoms. The van der Waals surface area contributed by atoms with Gasteiger partial charge in [-0.05, 0) is 25.5 Å². The maximum atomic E-state index is 13.8. The molecular formula is C19H18F4N6. The first-order valence-corrected chi connectivity index (χ1v) is 8.80. The van der Waals surface area contributed by atoms with Crippen molar-refractivity contribution in [3.63, 3.8) is 0 Å². The van der Waals surface area contributed by atoms with Gasteiger partial charge in [0.05, 0.1) is 5.69 Å². The molecule has 0 radical (unpaired) electrons. The fourth-order valence-corrected chi connectivity index (χ4v) is 2.37. The summed E-state index contributed by atoms with van der Waals surface area (Å²) in [5.74, 6) is -5.78. The summed E-state index contributed by atoms with van der Waals surface area (Å²) in [6.07, 6.45) is 4.00. The number of aromatic nitrogens is 3. The predicted octanol–water partition coefficient (Wildman–Crippen LogP) is 4.74. The van der Waals surface area contributed by atoms with Gasteiger partial charge < -0.3 is 5.32 Å². The molecule has 0 aliphatic carbocycles. The van der Waals surface area contributed by atoms with Crippen molar-refractivity contribution in [3.8, 4) is 11.3 Å². The fourth-order valence-electron chi connectivity index (χ4n) is 2.37. The van der Waals surface area contributed by atoms with Crippen LogP contribution in [0.3, 0.4) is 0 Å². The van der Waals surface area contributed by atoms with Crippen LogP contribution in [0.4, 0.5) is 35.0 Å². The van der Waals surface area contributed by atoms with E-state index < -0.39 is 29.0 Å². The van der Waals surface area contributed by atoms with Crippen molar-refractivity contribution >= 4 is 17.5 Å². The smallest absolute Gasteiger partial charge is 0.225 e. The van der Waals surface area contributed by atoms with E-state index in [-0.39, 0.29) is 23.9 Å². The number of hydrazine groups is 1. The molecule has 1 aromatic carbocycles. The maximum absolute atomic E-state index is 13.8. The largest absolute Gasteiger partial charge is 0.352 e. The van der Waals surface area contributed by atoms with Gasteiger partial charge in [0.2, 0.25) is 5.95 Å². The molecule has 0 saturated heterocycles. The number of pyridine rings is 1. The number of anilines is 3. The quantitative estimate of drug-likeness (QED) is 0.299. The zero-order valence-corrected chi connectivity index (χ0v) is 15.6. The predicted molar refractivity (Wildman–Crippen MR) is 102 cm³/mol. The second-order valence-corrected chi connectivity index (χ2v) is 6.25. The molecule has 0 saturated carbocycles. The third-order valence-electron chi connectivity index (χ3n) is 4.10. The molecule has 2 heterocycles. The number of nitrogens with zero attached hydrogens (tertiary/aromatic N) is 3. The molecule has 0 amide bonds. The van der Waals surface area contributed by atoms with Crippen LogP contribution in [-0.2, 0) is 0 Å². The van der Waals surface area contributed by atoms with Gasteiger partial charge in [0.1, 0.15) is 5.69 Å². The van der Waals surface area contributed by atoms with Crippen LogP contribution in [0.2, 0.25) is 0 Å². The highest BCUT2D eigenvalue weighted by atomic mass is 19.2. The van der Waals surface area contributed by atoms with Gasteiger partial charge in [-0.1, -0.05) is 6.92 Å². The van der Waals surface area contributed by atoms with E-state index in [1.807, 2.05) is 13.8 Å². The van der Waals surface area contributed by atoms with Crippen LogP contribution in [0.1, 0.15) is 20.3 Å². The average Bonchev–Trinajstić information content (AvgIpc) is 2.72. The number of hydrogen-bond donors (Lipinski definition) is 3. The molecule has 29 heavy (non-hydrogen) atoms. The van der Waals surface area contributed by atoms with Crippen molar-refractivity contribution in [2.24, 2.45) is 0 Å². The lowest BCUT2D eigenvalue weighted by atomic mass is 10.2. The van der Waals surface area contributed by atoms with Gasteiger partial charge in [-0.25, -0.2) is 22.5 Å². The fraction of sp³-hybridized carbons (Fsp3) is 0.211. The zero-order chi connectivity index (χ0) is 21.0. The first-order chi connectivity index (χ1) is 13.9. The lowest BCUT2D eigenvalue weighted by molar-refractivity contribution is 0.459. The minimum absolute atomic E-state index is 0.0622. The Hall–Kier alpha value is -3.43. The summed E-state index contributed by atoms with van der Waals surface area (Å²) in [5, 5.41) is 3.10. The van der Waals surface area contributed by atoms with Gasteiger partial charge in [0.15, 0.2) is 29.1 Å². The van der Waals surface area contributed by atoms with Crippen molar-refractivity contribution in [1.29, 1.82) is 0 Å². The summed E-state index contributed by atoms with van der Waals surface area (Å²) < 4.78 is 54.5. The molecule has 1 atom stereocenters. The third kappa shape index (κ3) is 4.71. The van der Waals surface area contributed by atoms with E-state index in [1.165, 1.54) is 6.07 Å². The Morgan fingerprint density at radius 1 is 1.00 bits per heavy atom. The number of hydrogen-bond acceptors (Lipinski definition) is 6. The van der Waals surface area contributed by atoms with Crippen LogP contribution >= 0.6 is 0 Å². The molecule has 6 nitrogen and oxygen atoms in total. The molecule has 2 aromatic heterocycles. The summed E-state index contributed by atoms with van der Waals surface area (Å²) in [6.45, 7) is 3.92. The summed E-state index contributed by atoms with van der Waals surface area (Å²) in [5.41, 5.74) is 4.76. The molecule has 0 aliphatic heterocycles. The molecule has 3 aromatic rings. The lowest BCUT2D eigenvalue weighted by Gasteiger charge is -2.16. The van der Waals surface area contributed by atoms with Crippen molar-refractivity contribution in [2.75, 3.05) is 16.2 Å². The van der Waals surface area contributed by atoms with E-state index in [2.05, 4.69) is 31.1 Å². The van der Waals surface area contributed by atoms with Gasteiger partial charge >= 0.3 is 0 Å². The number of benzene rings is 1. The van der Waals surface area contributed by atoms with Crippen molar-refractivity contribution in [1.82, 2.24) is 15.0 Å². The highest BCUT2D eigenvalue weighted by Gasteiger charge is 2.19. The van der Waals surface area contributed by atoms with Crippen molar-refractivity contribution in [3.05, 3.63) is 59.9 Å². The zero-order valence-electron chi connectivity index (χ0n) is 15.6. The van der Waals surface area contributed by atoms with E-state index in [0.717, 1.165) is 6.42 Å². The molecule has 0 aliphatic rings. The number of halogens is 4. The molecule has 3 N–H and O–H groups in total. The van der Waals surface area contributed by atoms with E-state index in [4.69, 9.17) is 0 Å². The van der Waals surface area contributed by atoms with Crippen LogP contribution < -0.4 is 16.2 Å². The van der Waals surface area contributed by atoms with Crippen molar-refractivity contribution < 1.29 is 17.6 Å². The Morgan fingerprint density at radius 2 is 1.72 bits per heavy atom. The first kappa shape index (κ1) is 20.3. The van der Waals surface area contributed by atoms with E-state index in [9.17, 15) is 17.6 Å². The van der Waals surface area contributed by atoms with Crippen LogP contribution in [-0.4, -0.2) is 21.0 Å². The van der Waals surface area contributed by atoms with E-state index >= 15 is 0 Å². The Balaban J connectivity index is 1.93. The van der Waals surface area contributed by atoms with Crippen LogP contribution in [0.5, 0.6) is 0 Å². The van der Waals surface area contributed by atoms with Crippen LogP contribution in [0.15, 0.2) is 36.7 Å². The molecule has 152 valence electrons. The Kier molecular flexibility index (Phi) is 6.10. The van der Waals surface area contributed by atoms with Crippen LogP contribution in [0.25, 0.3) is 11.3 Å². The standard InChI is InChI=1S/C19H18F4N6/c1-3-10(2)25-19-26-14(11-5-4-6-24-9-11)8-15(27-19)28-29-18-16(22)12(20)7-13(21)17(18)23/h4-10,29H,3H2,1-2H3,(H2,25,26,27,28)/t10-/m1/s1. The monoisotopic (exact) mass is 406 g/mol. The Morgan fingerprint density at radius 3 is 2.34 bits per heavy atom. The van der Waals surface area contributed by atoms with Crippen LogP contribution in [0, 0.1) is 23.3 Å². The maximum Gasteiger partial charge on any atom is 0.225 e. The highest BCUT2D eigenvalue weighted by molar-refractivity contribution is 5.64. The van der Waals surface area contributed by atoms with Crippen molar-refractivity contribution in [2.45, 2.75) is 26.3 Å². The summed E-state index contributed by atoms with van der Waals surface area (Å²) in [4.78, 5) is 12.7. The second kappa shape index (κ2) is 8.72. The summed E-state index contributed by atoms with van der Waals surface area (Å²) >= 11 is 0. The average molecular weight is 406 g/mol. The van der Waals surface area contributed by atoms with Gasteiger partial charge in [0.25, 0.3) is 0 Å². The lowest BCUT2D eigenvalue weighted by Crippen LogP contribution is -2.18. The van der Waals surface area contributed by atoms with Gasteiger partial charge in [-0.15, -0.1) is 0 Å². The molecule has 0 bridgehead atoms. The molecule has 3 rings (SSSR count). The molecular weight excluding hydrogens is 388 g/mol. The topological polar surface area (TPSA) is 74.8 Å². The van der Waals surface area contributed by atoms with Gasteiger partial charge in [-0.2, -0.15) is 4.98 Å².